The second-order valence-corrected chi connectivity index (χ2v) is 8.81. The zero-order valence-corrected chi connectivity index (χ0v) is 16.5. The third kappa shape index (κ3) is 5.82. The third-order valence-electron chi connectivity index (χ3n) is 3.86. The maximum atomic E-state index is 12.7. The Morgan fingerprint density at radius 3 is 2.29 bits per heavy atom. The first-order chi connectivity index (χ1) is 12.9. The average molecular weight is 418 g/mol. The van der Waals surface area contributed by atoms with Gasteiger partial charge in [-0.25, -0.2) is 13.1 Å². The van der Waals surface area contributed by atoms with Gasteiger partial charge in [-0.1, -0.05) is 26.0 Å². The summed E-state index contributed by atoms with van der Waals surface area (Å²) in [6.07, 6.45) is -1.83. The number of halogens is 3. The van der Waals surface area contributed by atoms with Crippen LogP contribution >= 0.6 is 0 Å². The molecule has 0 N–H and O–H groups in total. The molecule has 2 aromatic rings. The van der Waals surface area contributed by atoms with Crippen molar-refractivity contribution in [1.82, 2.24) is 9.78 Å². The van der Waals surface area contributed by atoms with Crippen molar-refractivity contribution in [3.63, 3.8) is 0 Å². The summed E-state index contributed by atoms with van der Waals surface area (Å²) in [4.78, 5) is 12.6. The first kappa shape index (κ1) is 21.9. The zero-order chi connectivity index (χ0) is 21.1. The van der Waals surface area contributed by atoms with E-state index in [0.29, 0.717) is 16.7 Å². The summed E-state index contributed by atoms with van der Waals surface area (Å²) in [7, 11) is -3.41. The number of hydrogen-bond donors (Lipinski definition) is 0. The van der Waals surface area contributed by atoms with Crippen LogP contribution in [0.3, 0.4) is 0 Å². The fourth-order valence-electron chi connectivity index (χ4n) is 2.38. The summed E-state index contributed by atoms with van der Waals surface area (Å²) >= 11 is 0. The van der Waals surface area contributed by atoms with Crippen molar-refractivity contribution in [2.45, 2.75) is 37.9 Å². The second-order valence-electron chi connectivity index (χ2n) is 6.79. The summed E-state index contributed by atoms with van der Waals surface area (Å²) in [5.41, 5.74) is -0.381. The molecule has 6 nitrogen and oxygen atoms in total. The number of nitrogens with zero attached hydrogens (tertiary/aromatic N) is 2. The highest BCUT2D eigenvalue weighted by Gasteiger charge is 2.30. The van der Waals surface area contributed by atoms with Crippen molar-refractivity contribution in [1.29, 1.82) is 0 Å². The van der Waals surface area contributed by atoms with Gasteiger partial charge in [0.2, 0.25) is 0 Å². The molecule has 10 heteroatoms. The lowest BCUT2D eigenvalue weighted by atomic mass is 10.1. The molecule has 0 atom stereocenters. The number of rotatable bonds is 7. The smallest absolute Gasteiger partial charge is 0.408 e. The number of benzene rings is 1. The van der Waals surface area contributed by atoms with E-state index in [-0.39, 0.29) is 28.7 Å². The lowest BCUT2D eigenvalue weighted by Crippen LogP contribution is -2.31. The molecule has 0 saturated heterocycles. The normalized spacial score (nSPS) is 12.4. The van der Waals surface area contributed by atoms with Crippen LogP contribution in [0.5, 0.6) is 5.75 Å². The Morgan fingerprint density at radius 2 is 1.79 bits per heavy atom. The Bertz CT molecular complexity index is 981. The SMILES string of the molecule is CC(C)CCOc1c(-c2ccc(S(C)(=O)=O)cc2)cnn(CC(F)(F)F)c1=O. The van der Waals surface area contributed by atoms with Crippen LogP contribution < -0.4 is 10.3 Å². The predicted octanol–water partition coefficient (Wildman–Crippen LogP) is 3.30. The topological polar surface area (TPSA) is 78.3 Å². The molecule has 1 aromatic heterocycles. The van der Waals surface area contributed by atoms with E-state index in [1.807, 2.05) is 13.8 Å². The molecule has 28 heavy (non-hydrogen) atoms. The Balaban J connectivity index is 2.49. The van der Waals surface area contributed by atoms with Crippen LogP contribution in [0.2, 0.25) is 0 Å². The third-order valence-corrected chi connectivity index (χ3v) is 4.99. The molecule has 0 spiro atoms. The van der Waals surface area contributed by atoms with Crippen molar-refractivity contribution in [3.05, 3.63) is 40.8 Å². The minimum atomic E-state index is -4.61. The van der Waals surface area contributed by atoms with Crippen LogP contribution in [0.1, 0.15) is 20.3 Å². The Labute approximate surface area is 160 Å². The molecular weight excluding hydrogens is 397 g/mol. The molecule has 0 unspecified atom stereocenters. The van der Waals surface area contributed by atoms with Gasteiger partial charge in [-0.2, -0.15) is 18.3 Å². The minimum absolute atomic E-state index is 0.0805. The van der Waals surface area contributed by atoms with E-state index in [1.165, 1.54) is 24.3 Å². The molecule has 2 rings (SSSR count). The molecule has 154 valence electrons. The van der Waals surface area contributed by atoms with E-state index in [2.05, 4.69) is 5.10 Å². The lowest BCUT2D eigenvalue weighted by molar-refractivity contribution is -0.143. The Hall–Kier alpha value is -2.36. The highest BCUT2D eigenvalue weighted by atomic mass is 32.2. The van der Waals surface area contributed by atoms with Gasteiger partial charge in [0.15, 0.2) is 15.6 Å². The molecule has 0 amide bonds. The second kappa shape index (κ2) is 8.34. The van der Waals surface area contributed by atoms with Crippen molar-refractivity contribution < 1.29 is 26.3 Å². The molecule has 0 aliphatic rings. The highest BCUT2D eigenvalue weighted by molar-refractivity contribution is 7.90. The van der Waals surface area contributed by atoms with E-state index in [1.54, 1.807) is 0 Å². The van der Waals surface area contributed by atoms with Gasteiger partial charge in [0.1, 0.15) is 6.54 Å². The molecule has 0 radical (unpaired) electrons. The van der Waals surface area contributed by atoms with Crippen LogP contribution in [0.15, 0.2) is 40.2 Å². The minimum Gasteiger partial charge on any atom is -0.487 e. The van der Waals surface area contributed by atoms with Gasteiger partial charge in [0.25, 0.3) is 0 Å². The molecule has 0 saturated carbocycles. The molecule has 1 heterocycles. The van der Waals surface area contributed by atoms with Gasteiger partial charge in [-0.15, -0.1) is 0 Å². The molecule has 0 bridgehead atoms. The monoisotopic (exact) mass is 418 g/mol. The van der Waals surface area contributed by atoms with Crippen LogP contribution in [0.25, 0.3) is 11.1 Å². The van der Waals surface area contributed by atoms with E-state index >= 15 is 0 Å². The fraction of sp³-hybridized carbons (Fsp3) is 0.444. The first-order valence-corrected chi connectivity index (χ1v) is 10.4. The maximum absolute atomic E-state index is 12.7. The van der Waals surface area contributed by atoms with Crippen molar-refractivity contribution in [3.8, 4) is 16.9 Å². The molecule has 0 aliphatic heterocycles. The molecule has 1 aromatic carbocycles. The van der Waals surface area contributed by atoms with Crippen LogP contribution in [-0.2, 0) is 16.4 Å². The number of sulfone groups is 1. The van der Waals surface area contributed by atoms with E-state index in [4.69, 9.17) is 4.74 Å². The molecule has 0 fully saturated rings. The number of ether oxygens (including phenoxy) is 1. The standard InChI is InChI=1S/C18H21F3N2O4S/c1-12(2)8-9-27-16-15(10-22-23(17(16)24)11-18(19,20)21)13-4-6-14(7-5-13)28(3,25)26/h4-7,10,12H,8-9,11H2,1-3H3. The Kier molecular flexibility index (Phi) is 6.53. The average Bonchev–Trinajstić information content (AvgIpc) is 2.56. The molecular formula is C18H21F3N2O4S. The first-order valence-electron chi connectivity index (χ1n) is 8.48. The van der Waals surface area contributed by atoms with Gasteiger partial charge >= 0.3 is 11.7 Å². The summed E-state index contributed by atoms with van der Waals surface area (Å²) in [6.45, 7) is 2.52. The Morgan fingerprint density at radius 1 is 1.18 bits per heavy atom. The van der Waals surface area contributed by atoms with E-state index in [0.717, 1.165) is 12.5 Å². The van der Waals surface area contributed by atoms with E-state index < -0.39 is 28.1 Å². The largest absolute Gasteiger partial charge is 0.487 e. The number of aromatic nitrogens is 2. The fourth-order valence-corrected chi connectivity index (χ4v) is 3.01. The van der Waals surface area contributed by atoms with Gasteiger partial charge < -0.3 is 4.74 Å². The van der Waals surface area contributed by atoms with Crippen molar-refractivity contribution in [2.75, 3.05) is 12.9 Å². The maximum Gasteiger partial charge on any atom is 0.408 e. The van der Waals surface area contributed by atoms with Gasteiger partial charge in [-0.3, -0.25) is 4.79 Å². The highest BCUT2D eigenvalue weighted by Crippen LogP contribution is 2.28. The van der Waals surface area contributed by atoms with Crippen LogP contribution in [-0.4, -0.2) is 37.2 Å². The van der Waals surface area contributed by atoms with Crippen molar-refractivity contribution in [2.24, 2.45) is 5.92 Å². The number of alkyl halides is 3. The predicted molar refractivity (Wildman–Crippen MR) is 98.0 cm³/mol. The quantitative estimate of drug-likeness (QED) is 0.690. The van der Waals surface area contributed by atoms with Crippen LogP contribution in [0.4, 0.5) is 13.2 Å². The lowest BCUT2D eigenvalue weighted by Gasteiger charge is -2.15. The summed E-state index contributed by atoms with van der Waals surface area (Å²) in [5.74, 6) is 0.0312. The van der Waals surface area contributed by atoms with Gasteiger partial charge in [-0.05, 0) is 30.0 Å². The van der Waals surface area contributed by atoms with Gasteiger partial charge in [0, 0.05) is 11.8 Å². The molecule has 0 aliphatic carbocycles. The van der Waals surface area contributed by atoms with E-state index in [9.17, 15) is 26.4 Å². The van der Waals surface area contributed by atoms with Gasteiger partial charge in [0.05, 0.1) is 17.7 Å². The summed E-state index contributed by atoms with van der Waals surface area (Å²) in [6, 6.07) is 5.61. The van der Waals surface area contributed by atoms with Crippen molar-refractivity contribution >= 4 is 9.84 Å². The summed E-state index contributed by atoms with van der Waals surface area (Å²) in [5, 5.41) is 3.60. The summed E-state index contributed by atoms with van der Waals surface area (Å²) < 4.78 is 67.1. The van der Waals surface area contributed by atoms with Crippen LogP contribution in [0, 0.1) is 5.92 Å². The number of hydrogen-bond acceptors (Lipinski definition) is 5. The zero-order valence-electron chi connectivity index (χ0n) is 15.7.